The van der Waals surface area contributed by atoms with Crippen molar-refractivity contribution < 1.29 is 13.9 Å². The van der Waals surface area contributed by atoms with E-state index in [1.807, 2.05) is 0 Å². The third-order valence-corrected chi connectivity index (χ3v) is 2.31. The Morgan fingerprint density at radius 2 is 2.35 bits per heavy atom. The standard InChI is InChI=1S/C11H9ClN2O3/c1-16-10-3-2-7(12)4-8(10)14-11(15)9-5-17-6-13-9/h2-6H,1H3,(H,14,15). The minimum Gasteiger partial charge on any atom is -0.495 e. The Morgan fingerprint density at radius 1 is 1.53 bits per heavy atom. The van der Waals surface area contributed by atoms with Gasteiger partial charge in [-0.05, 0) is 18.2 Å². The van der Waals surface area contributed by atoms with Crippen molar-refractivity contribution in [3.63, 3.8) is 0 Å². The third kappa shape index (κ3) is 2.57. The van der Waals surface area contributed by atoms with Crippen LogP contribution in [-0.4, -0.2) is 18.0 Å². The van der Waals surface area contributed by atoms with E-state index in [9.17, 15) is 4.79 Å². The van der Waals surface area contributed by atoms with Crippen molar-refractivity contribution in [2.75, 3.05) is 12.4 Å². The summed E-state index contributed by atoms with van der Waals surface area (Å²) in [5, 5.41) is 3.13. The van der Waals surface area contributed by atoms with E-state index in [2.05, 4.69) is 10.3 Å². The van der Waals surface area contributed by atoms with Gasteiger partial charge in [-0.3, -0.25) is 4.79 Å². The van der Waals surface area contributed by atoms with E-state index in [0.717, 1.165) is 0 Å². The van der Waals surface area contributed by atoms with Gasteiger partial charge in [0.2, 0.25) is 0 Å². The zero-order chi connectivity index (χ0) is 12.3. The molecule has 1 aromatic carbocycles. The smallest absolute Gasteiger partial charge is 0.277 e. The predicted octanol–water partition coefficient (Wildman–Crippen LogP) is 2.59. The lowest BCUT2D eigenvalue weighted by molar-refractivity contribution is 0.102. The summed E-state index contributed by atoms with van der Waals surface area (Å²) < 4.78 is 9.83. The molecule has 5 nitrogen and oxygen atoms in total. The van der Waals surface area contributed by atoms with E-state index in [-0.39, 0.29) is 11.6 Å². The molecule has 1 aromatic heterocycles. The maximum atomic E-state index is 11.7. The number of carbonyl (C=O) groups is 1. The molecule has 0 saturated heterocycles. The van der Waals surface area contributed by atoms with E-state index in [1.165, 1.54) is 19.8 Å². The van der Waals surface area contributed by atoms with Crippen LogP contribution in [0.25, 0.3) is 0 Å². The highest BCUT2D eigenvalue weighted by Gasteiger charge is 2.12. The van der Waals surface area contributed by atoms with Crippen molar-refractivity contribution >= 4 is 23.2 Å². The number of halogens is 1. The lowest BCUT2D eigenvalue weighted by Gasteiger charge is -2.09. The molecule has 1 heterocycles. The highest BCUT2D eigenvalue weighted by Crippen LogP contribution is 2.27. The van der Waals surface area contributed by atoms with Crippen LogP contribution in [0.5, 0.6) is 5.75 Å². The number of anilines is 1. The van der Waals surface area contributed by atoms with Crippen LogP contribution in [-0.2, 0) is 0 Å². The highest BCUT2D eigenvalue weighted by atomic mass is 35.5. The summed E-state index contributed by atoms with van der Waals surface area (Å²) in [6.07, 6.45) is 2.44. The number of ether oxygens (including phenoxy) is 1. The summed E-state index contributed by atoms with van der Waals surface area (Å²) in [5.74, 6) is 0.130. The SMILES string of the molecule is COc1ccc(Cl)cc1NC(=O)c1cocn1. The molecular formula is C11H9ClN2O3. The fourth-order valence-corrected chi connectivity index (χ4v) is 1.46. The number of hydrogen-bond acceptors (Lipinski definition) is 4. The second-order valence-electron chi connectivity index (χ2n) is 3.17. The van der Waals surface area contributed by atoms with Gasteiger partial charge in [-0.15, -0.1) is 0 Å². The monoisotopic (exact) mass is 252 g/mol. The molecule has 0 unspecified atom stereocenters. The van der Waals surface area contributed by atoms with Crippen LogP contribution in [0.3, 0.4) is 0 Å². The van der Waals surface area contributed by atoms with Crippen molar-refractivity contribution in [2.45, 2.75) is 0 Å². The number of oxazole rings is 1. The Morgan fingerprint density at radius 3 is 3.00 bits per heavy atom. The van der Waals surface area contributed by atoms with Gasteiger partial charge in [0, 0.05) is 5.02 Å². The molecule has 0 atom stereocenters. The lowest BCUT2D eigenvalue weighted by atomic mass is 10.3. The first kappa shape index (κ1) is 11.5. The van der Waals surface area contributed by atoms with E-state index in [1.54, 1.807) is 18.2 Å². The summed E-state index contributed by atoms with van der Waals surface area (Å²) in [6.45, 7) is 0. The van der Waals surface area contributed by atoms with Gasteiger partial charge in [-0.1, -0.05) is 11.6 Å². The number of methoxy groups -OCH3 is 1. The average Bonchev–Trinajstić information content (AvgIpc) is 2.83. The lowest BCUT2D eigenvalue weighted by Crippen LogP contribution is -2.12. The summed E-state index contributed by atoms with van der Waals surface area (Å²) >= 11 is 5.84. The zero-order valence-electron chi connectivity index (χ0n) is 8.94. The van der Waals surface area contributed by atoms with Crippen molar-refractivity contribution in [1.29, 1.82) is 0 Å². The van der Waals surface area contributed by atoms with E-state index >= 15 is 0 Å². The van der Waals surface area contributed by atoms with Crippen LogP contribution in [0.15, 0.2) is 35.3 Å². The number of nitrogens with one attached hydrogen (secondary N) is 1. The molecule has 0 aliphatic rings. The van der Waals surface area contributed by atoms with Crippen molar-refractivity contribution in [3.8, 4) is 5.75 Å². The molecule has 0 bridgehead atoms. The largest absolute Gasteiger partial charge is 0.495 e. The Labute approximate surface area is 102 Å². The first-order valence-corrected chi connectivity index (χ1v) is 5.11. The molecule has 2 aromatic rings. The molecule has 0 saturated carbocycles. The first-order chi connectivity index (χ1) is 8.20. The maximum absolute atomic E-state index is 11.7. The van der Waals surface area contributed by atoms with Gasteiger partial charge in [0.25, 0.3) is 5.91 Å². The molecule has 2 rings (SSSR count). The zero-order valence-corrected chi connectivity index (χ0v) is 9.69. The number of rotatable bonds is 3. The molecule has 17 heavy (non-hydrogen) atoms. The first-order valence-electron chi connectivity index (χ1n) is 4.74. The number of amides is 1. The Hall–Kier alpha value is -2.01. The minimum absolute atomic E-state index is 0.187. The Bertz CT molecular complexity index is 526. The molecular weight excluding hydrogens is 244 g/mol. The second kappa shape index (κ2) is 4.88. The summed E-state index contributed by atoms with van der Waals surface area (Å²) in [6, 6.07) is 4.94. The molecule has 6 heteroatoms. The van der Waals surface area contributed by atoms with Crippen LogP contribution in [0.1, 0.15) is 10.5 Å². The van der Waals surface area contributed by atoms with Gasteiger partial charge >= 0.3 is 0 Å². The molecule has 88 valence electrons. The van der Waals surface area contributed by atoms with Gasteiger partial charge in [-0.25, -0.2) is 4.98 Å². The molecule has 1 amide bonds. The molecule has 0 aliphatic carbocycles. The van der Waals surface area contributed by atoms with Gasteiger partial charge < -0.3 is 14.5 Å². The fraction of sp³-hybridized carbons (Fsp3) is 0.0909. The minimum atomic E-state index is -0.390. The summed E-state index contributed by atoms with van der Waals surface area (Å²) in [5.41, 5.74) is 0.667. The molecule has 0 spiro atoms. The quantitative estimate of drug-likeness (QED) is 0.912. The van der Waals surface area contributed by atoms with Crippen LogP contribution in [0.4, 0.5) is 5.69 Å². The molecule has 0 fully saturated rings. The highest BCUT2D eigenvalue weighted by molar-refractivity contribution is 6.31. The molecule has 0 aliphatic heterocycles. The summed E-state index contributed by atoms with van der Waals surface area (Å²) in [4.78, 5) is 15.5. The van der Waals surface area contributed by atoms with Crippen LogP contribution < -0.4 is 10.1 Å². The van der Waals surface area contributed by atoms with Gasteiger partial charge in [0.1, 0.15) is 12.0 Å². The Kier molecular flexibility index (Phi) is 3.30. The van der Waals surface area contributed by atoms with Gasteiger partial charge in [0.05, 0.1) is 12.8 Å². The number of hydrogen-bond donors (Lipinski definition) is 1. The summed E-state index contributed by atoms with van der Waals surface area (Å²) in [7, 11) is 1.51. The maximum Gasteiger partial charge on any atom is 0.277 e. The van der Waals surface area contributed by atoms with E-state index < -0.39 is 0 Å². The molecule has 0 radical (unpaired) electrons. The number of benzene rings is 1. The van der Waals surface area contributed by atoms with Crippen molar-refractivity contribution in [1.82, 2.24) is 4.98 Å². The average molecular weight is 253 g/mol. The van der Waals surface area contributed by atoms with Crippen LogP contribution >= 0.6 is 11.6 Å². The van der Waals surface area contributed by atoms with Crippen molar-refractivity contribution in [2.24, 2.45) is 0 Å². The number of nitrogens with zero attached hydrogens (tertiary/aromatic N) is 1. The number of carbonyl (C=O) groups excluding carboxylic acids is 1. The fourth-order valence-electron chi connectivity index (χ4n) is 1.29. The van der Waals surface area contributed by atoms with Crippen LogP contribution in [0.2, 0.25) is 5.02 Å². The van der Waals surface area contributed by atoms with Gasteiger partial charge in [-0.2, -0.15) is 0 Å². The normalized spacial score (nSPS) is 10.0. The van der Waals surface area contributed by atoms with E-state index in [4.69, 9.17) is 20.8 Å². The van der Waals surface area contributed by atoms with E-state index in [0.29, 0.717) is 16.5 Å². The topological polar surface area (TPSA) is 64.4 Å². The third-order valence-electron chi connectivity index (χ3n) is 2.07. The predicted molar refractivity (Wildman–Crippen MR) is 62.5 cm³/mol. The molecule has 1 N–H and O–H groups in total. The Balaban J connectivity index is 2.23. The van der Waals surface area contributed by atoms with Gasteiger partial charge in [0.15, 0.2) is 12.1 Å². The number of aromatic nitrogens is 1. The van der Waals surface area contributed by atoms with Crippen LogP contribution in [0, 0.1) is 0 Å². The van der Waals surface area contributed by atoms with Crippen molar-refractivity contribution in [3.05, 3.63) is 41.6 Å². The second-order valence-corrected chi connectivity index (χ2v) is 3.61.